The van der Waals surface area contributed by atoms with Crippen LogP contribution in [0.1, 0.15) is 27.2 Å². The molecular formula is C28H26FN5O3. The van der Waals surface area contributed by atoms with Crippen LogP contribution in [0.5, 0.6) is 0 Å². The number of amides is 1. The van der Waals surface area contributed by atoms with Gasteiger partial charge in [-0.3, -0.25) is 14.5 Å². The summed E-state index contributed by atoms with van der Waals surface area (Å²) in [5, 5.41) is 10.2. The fraction of sp³-hybridized carbons (Fsp3) is 0.214. The van der Waals surface area contributed by atoms with Crippen molar-refractivity contribution < 1.29 is 19.1 Å². The van der Waals surface area contributed by atoms with E-state index in [1.807, 2.05) is 24.3 Å². The number of halogens is 1. The molecule has 1 atom stereocenters. The van der Waals surface area contributed by atoms with Gasteiger partial charge in [-0.2, -0.15) is 0 Å². The number of hydrogen-bond donors (Lipinski definition) is 2. The fourth-order valence-corrected chi connectivity index (χ4v) is 4.80. The number of likely N-dealkylation sites (N-methyl/N-ethyl adjacent to an activating group) is 1. The van der Waals surface area contributed by atoms with Crippen LogP contribution in [-0.2, 0) is 24.3 Å². The number of carbonyl (C=O) groups is 2. The van der Waals surface area contributed by atoms with Crippen molar-refractivity contribution in [1.82, 2.24) is 19.8 Å². The number of aromatic nitrogens is 2. The topological polar surface area (TPSA) is 113 Å². The van der Waals surface area contributed by atoms with E-state index in [0.29, 0.717) is 40.7 Å². The molecule has 0 spiro atoms. The van der Waals surface area contributed by atoms with Gasteiger partial charge in [-0.25, -0.2) is 14.4 Å². The molecular weight excluding hydrogens is 473 g/mol. The third-order valence-corrected chi connectivity index (χ3v) is 6.75. The van der Waals surface area contributed by atoms with E-state index < -0.39 is 17.8 Å². The van der Waals surface area contributed by atoms with Gasteiger partial charge in [0.2, 0.25) is 5.95 Å². The average Bonchev–Trinajstić information content (AvgIpc) is 3.30. The molecule has 0 bridgehead atoms. The molecule has 5 rings (SSSR count). The Morgan fingerprint density at radius 2 is 1.76 bits per heavy atom. The quantitative estimate of drug-likeness (QED) is 0.416. The van der Waals surface area contributed by atoms with Crippen molar-refractivity contribution in [2.75, 3.05) is 19.8 Å². The Morgan fingerprint density at radius 1 is 1.05 bits per heavy atom. The van der Waals surface area contributed by atoms with Gasteiger partial charge in [0.1, 0.15) is 17.6 Å². The van der Waals surface area contributed by atoms with Gasteiger partial charge in [0.15, 0.2) is 0 Å². The van der Waals surface area contributed by atoms with Gasteiger partial charge < -0.3 is 15.7 Å². The summed E-state index contributed by atoms with van der Waals surface area (Å²) in [6.07, 6.45) is 0.173. The van der Waals surface area contributed by atoms with E-state index in [2.05, 4.69) is 9.97 Å². The predicted octanol–water partition coefficient (Wildman–Crippen LogP) is 3.73. The SMILES string of the molecule is CN(C)C(Cc1ccc(F)cc1-c1ccc2nc(N)nc(C(=O)N3Cc4ccccc4C3)c2c1)C(=O)O. The first-order chi connectivity index (χ1) is 17.7. The summed E-state index contributed by atoms with van der Waals surface area (Å²) in [5.41, 5.74) is 10.6. The predicted molar refractivity (Wildman–Crippen MR) is 138 cm³/mol. The van der Waals surface area contributed by atoms with Gasteiger partial charge in [-0.05, 0) is 72.6 Å². The standard InChI is InChI=1S/C28H26FN5O3/c1-33(2)24(27(36)37)12-17-7-9-20(29)13-21(17)16-8-10-23-22(11-16)25(32-28(30)31-23)26(35)34-14-18-5-3-4-6-19(18)15-34/h3-11,13,24H,12,14-15H2,1-2H3,(H,36,37)(H2,30,31,32). The minimum Gasteiger partial charge on any atom is -0.480 e. The largest absolute Gasteiger partial charge is 0.480 e. The summed E-state index contributed by atoms with van der Waals surface area (Å²) in [7, 11) is 3.38. The lowest BCUT2D eigenvalue weighted by molar-refractivity contribution is -0.142. The summed E-state index contributed by atoms with van der Waals surface area (Å²) < 4.78 is 14.4. The molecule has 0 saturated heterocycles. The molecule has 1 aliphatic rings. The van der Waals surface area contributed by atoms with Gasteiger partial charge in [0.25, 0.3) is 5.91 Å². The van der Waals surface area contributed by atoms with Gasteiger partial charge in [-0.15, -0.1) is 0 Å². The van der Waals surface area contributed by atoms with E-state index >= 15 is 0 Å². The second kappa shape index (κ2) is 9.59. The Balaban J connectivity index is 1.58. The molecule has 1 aliphatic heterocycles. The molecule has 2 heterocycles. The highest BCUT2D eigenvalue weighted by molar-refractivity contribution is 6.06. The van der Waals surface area contributed by atoms with E-state index in [1.54, 1.807) is 48.2 Å². The molecule has 1 unspecified atom stereocenters. The Morgan fingerprint density at radius 3 is 2.41 bits per heavy atom. The Bertz CT molecular complexity index is 1510. The molecule has 0 radical (unpaired) electrons. The molecule has 0 saturated carbocycles. The van der Waals surface area contributed by atoms with Crippen LogP contribution in [0.4, 0.5) is 10.3 Å². The zero-order valence-corrected chi connectivity index (χ0v) is 20.5. The molecule has 3 aromatic carbocycles. The summed E-state index contributed by atoms with van der Waals surface area (Å²) in [5.74, 6) is -1.70. The van der Waals surface area contributed by atoms with Crippen LogP contribution in [0, 0.1) is 5.82 Å². The number of aliphatic carboxylic acids is 1. The van der Waals surface area contributed by atoms with Crippen molar-refractivity contribution in [2.45, 2.75) is 25.6 Å². The number of carboxylic acid groups (broad SMARTS) is 1. The summed E-state index contributed by atoms with van der Waals surface area (Å²) >= 11 is 0. The smallest absolute Gasteiger partial charge is 0.321 e. The van der Waals surface area contributed by atoms with E-state index in [9.17, 15) is 19.1 Å². The molecule has 37 heavy (non-hydrogen) atoms. The normalized spacial score (nSPS) is 13.7. The maximum Gasteiger partial charge on any atom is 0.321 e. The van der Waals surface area contributed by atoms with Crippen molar-refractivity contribution >= 4 is 28.7 Å². The zero-order chi connectivity index (χ0) is 26.3. The molecule has 4 aromatic rings. The molecule has 188 valence electrons. The maximum absolute atomic E-state index is 14.4. The molecule has 9 heteroatoms. The van der Waals surface area contributed by atoms with Gasteiger partial charge in [0, 0.05) is 18.5 Å². The first-order valence-corrected chi connectivity index (χ1v) is 11.8. The van der Waals surface area contributed by atoms with Crippen LogP contribution < -0.4 is 5.73 Å². The van der Waals surface area contributed by atoms with Crippen molar-refractivity contribution in [3.8, 4) is 11.1 Å². The van der Waals surface area contributed by atoms with E-state index in [0.717, 1.165) is 11.1 Å². The third kappa shape index (κ3) is 4.73. The van der Waals surface area contributed by atoms with Crippen LogP contribution >= 0.6 is 0 Å². The number of nitrogen functional groups attached to an aromatic ring is 1. The highest BCUT2D eigenvalue weighted by atomic mass is 19.1. The van der Waals surface area contributed by atoms with Crippen molar-refractivity contribution in [3.63, 3.8) is 0 Å². The van der Waals surface area contributed by atoms with Gasteiger partial charge >= 0.3 is 5.97 Å². The molecule has 0 aliphatic carbocycles. The van der Waals surface area contributed by atoms with Crippen molar-refractivity contribution in [3.05, 3.63) is 88.9 Å². The van der Waals surface area contributed by atoms with Crippen LogP contribution in [0.15, 0.2) is 60.7 Å². The zero-order valence-electron chi connectivity index (χ0n) is 20.5. The monoisotopic (exact) mass is 499 g/mol. The fourth-order valence-electron chi connectivity index (χ4n) is 4.80. The lowest BCUT2D eigenvalue weighted by Crippen LogP contribution is -2.37. The molecule has 8 nitrogen and oxygen atoms in total. The van der Waals surface area contributed by atoms with E-state index in [-0.39, 0.29) is 24.0 Å². The number of carbonyl (C=O) groups excluding carboxylic acids is 1. The van der Waals surface area contributed by atoms with Crippen LogP contribution in [0.3, 0.4) is 0 Å². The van der Waals surface area contributed by atoms with Crippen LogP contribution in [-0.4, -0.2) is 56.9 Å². The minimum atomic E-state index is -0.970. The number of hydrogen-bond acceptors (Lipinski definition) is 6. The lowest BCUT2D eigenvalue weighted by Gasteiger charge is -2.22. The third-order valence-electron chi connectivity index (χ3n) is 6.75. The Hall–Kier alpha value is -4.37. The first kappa shape index (κ1) is 24.3. The number of benzene rings is 3. The number of anilines is 1. The summed E-state index contributed by atoms with van der Waals surface area (Å²) in [4.78, 5) is 37.3. The average molecular weight is 500 g/mol. The highest BCUT2D eigenvalue weighted by Gasteiger charge is 2.27. The van der Waals surface area contributed by atoms with Crippen molar-refractivity contribution in [2.24, 2.45) is 0 Å². The number of nitrogens with zero attached hydrogens (tertiary/aromatic N) is 4. The summed E-state index contributed by atoms with van der Waals surface area (Å²) in [6.45, 7) is 0.935. The molecule has 1 amide bonds. The Labute approximate surface area is 213 Å². The minimum absolute atomic E-state index is 0.0120. The van der Waals surface area contributed by atoms with Crippen molar-refractivity contribution in [1.29, 1.82) is 0 Å². The second-order valence-electron chi connectivity index (χ2n) is 9.42. The Kier molecular flexibility index (Phi) is 6.31. The lowest BCUT2D eigenvalue weighted by atomic mass is 9.93. The maximum atomic E-state index is 14.4. The molecule has 3 N–H and O–H groups in total. The first-order valence-electron chi connectivity index (χ1n) is 11.8. The van der Waals surface area contributed by atoms with Crippen LogP contribution in [0.2, 0.25) is 0 Å². The highest BCUT2D eigenvalue weighted by Crippen LogP contribution is 2.32. The number of fused-ring (bicyclic) bond motifs is 2. The number of rotatable bonds is 6. The molecule has 1 aromatic heterocycles. The van der Waals surface area contributed by atoms with Crippen LogP contribution in [0.25, 0.3) is 22.0 Å². The number of carboxylic acids is 1. The molecule has 0 fully saturated rings. The van der Waals surface area contributed by atoms with E-state index in [4.69, 9.17) is 5.73 Å². The van der Waals surface area contributed by atoms with E-state index in [1.165, 1.54) is 12.1 Å². The second-order valence-corrected chi connectivity index (χ2v) is 9.42. The number of nitrogens with two attached hydrogens (primary N) is 1. The van der Waals surface area contributed by atoms with Gasteiger partial charge in [0.05, 0.1) is 5.52 Å². The summed E-state index contributed by atoms with van der Waals surface area (Å²) in [6, 6.07) is 16.6. The van der Waals surface area contributed by atoms with Gasteiger partial charge in [-0.1, -0.05) is 36.4 Å².